The van der Waals surface area contributed by atoms with Crippen molar-refractivity contribution < 1.29 is 9.15 Å². The first kappa shape index (κ1) is 13.3. The molecule has 1 aromatic carbocycles. The lowest BCUT2D eigenvalue weighted by atomic mass is 10.1. The zero-order chi connectivity index (χ0) is 14.9. The van der Waals surface area contributed by atoms with E-state index in [0.717, 1.165) is 41.3 Å². The van der Waals surface area contributed by atoms with Crippen molar-refractivity contribution in [3.05, 3.63) is 35.4 Å². The molecule has 1 saturated heterocycles. The van der Waals surface area contributed by atoms with Crippen molar-refractivity contribution in [1.82, 2.24) is 20.2 Å². The molecule has 0 saturated carbocycles. The number of nitrogens with one attached hydrogen (secondary N) is 2. The normalized spacial score (nSPS) is 18.1. The molecule has 4 rings (SSSR count). The van der Waals surface area contributed by atoms with E-state index in [1.54, 1.807) is 0 Å². The number of ether oxygens (including phenoxy) is 1. The minimum atomic E-state index is 0.303. The number of fused-ring (bicyclic) bond motifs is 1. The van der Waals surface area contributed by atoms with Crippen LogP contribution in [0, 0.1) is 6.92 Å². The number of nitrogens with zero attached hydrogens (tertiary/aromatic N) is 3. The maximum Gasteiger partial charge on any atom is 0.296 e. The molecule has 0 spiro atoms. The number of rotatable bonds is 4. The molecule has 7 nitrogen and oxygen atoms in total. The van der Waals surface area contributed by atoms with Crippen LogP contribution in [0.1, 0.15) is 29.6 Å². The van der Waals surface area contributed by atoms with Crippen molar-refractivity contribution in [2.75, 3.05) is 18.5 Å². The fraction of sp³-hybridized carbons (Fsp3) is 0.400. The van der Waals surface area contributed by atoms with Gasteiger partial charge in [0.2, 0.25) is 0 Å². The number of anilines is 1. The molecule has 2 N–H and O–H groups in total. The molecule has 0 amide bonds. The van der Waals surface area contributed by atoms with Crippen LogP contribution in [0.2, 0.25) is 0 Å². The third-order valence-corrected chi connectivity index (χ3v) is 3.79. The van der Waals surface area contributed by atoms with Gasteiger partial charge in [-0.05, 0) is 31.0 Å². The summed E-state index contributed by atoms with van der Waals surface area (Å²) in [4.78, 5) is 8.91. The van der Waals surface area contributed by atoms with E-state index in [-0.39, 0.29) is 0 Å². The Morgan fingerprint density at radius 1 is 1.36 bits per heavy atom. The van der Waals surface area contributed by atoms with Crippen LogP contribution in [-0.2, 0) is 11.3 Å². The maximum absolute atomic E-state index is 5.65. The third kappa shape index (κ3) is 2.55. The molecule has 2 aromatic heterocycles. The lowest BCUT2D eigenvalue weighted by Gasteiger charge is -1.99. The van der Waals surface area contributed by atoms with E-state index in [2.05, 4.69) is 25.5 Å². The first-order valence-corrected chi connectivity index (χ1v) is 7.38. The molecule has 0 radical (unpaired) electrons. The quantitative estimate of drug-likeness (QED) is 0.769. The van der Waals surface area contributed by atoms with Crippen LogP contribution in [0.4, 0.5) is 6.01 Å². The molecule has 1 unspecified atom stereocenters. The number of hydrogen-bond acceptors (Lipinski definition) is 6. The van der Waals surface area contributed by atoms with Crippen LogP contribution in [0.25, 0.3) is 11.1 Å². The highest BCUT2D eigenvalue weighted by Crippen LogP contribution is 2.22. The van der Waals surface area contributed by atoms with Gasteiger partial charge in [0.05, 0.1) is 13.2 Å². The Labute approximate surface area is 127 Å². The van der Waals surface area contributed by atoms with Crippen LogP contribution in [-0.4, -0.2) is 33.4 Å². The summed E-state index contributed by atoms with van der Waals surface area (Å²) in [5, 5.41) is 10.3. The fourth-order valence-electron chi connectivity index (χ4n) is 2.58. The molecule has 0 aliphatic carbocycles. The predicted molar refractivity (Wildman–Crippen MR) is 80.6 cm³/mol. The zero-order valence-corrected chi connectivity index (χ0v) is 12.3. The van der Waals surface area contributed by atoms with Gasteiger partial charge < -0.3 is 14.5 Å². The molecule has 3 aromatic rings. The summed E-state index contributed by atoms with van der Waals surface area (Å²) >= 11 is 0. The van der Waals surface area contributed by atoms with Gasteiger partial charge in [-0.3, -0.25) is 5.10 Å². The summed E-state index contributed by atoms with van der Waals surface area (Å²) in [6.07, 6.45) is 0.981. The first-order chi connectivity index (χ1) is 10.8. The predicted octanol–water partition coefficient (Wildman–Crippen LogP) is 2.37. The smallest absolute Gasteiger partial charge is 0.296 e. The molecule has 114 valence electrons. The van der Waals surface area contributed by atoms with Gasteiger partial charge in [-0.25, -0.2) is 4.98 Å². The molecule has 0 bridgehead atoms. The van der Waals surface area contributed by atoms with E-state index >= 15 is 0 Å². The number of benzene rings is 1. The highest BCUT2D eigenvalue weighted by molar-refractivity contribution is 5.75. The number of aromatic amines is 1. The van der Waals surface area contributed by atoms with Gasteiger partial charge in [-0.15, -0.1) is 0 Å². The number of H-pyrrole nitrogens is 1. The minimum Gasteiger partial charge on any atom is -0.424 e. The van der Waals surface area contributed by atoms with Crippen LogP contribution in [0.5, 0.6) is 0 Å². The van der Waals surface area contributed by atoms with Crippen molar-refractivity contribution in [2.24, 2.45) is 0 Å². The lowest BCUT2D eigenvalue weighted by Crippen LogP contribution is -2.03. The monoisotopic (exact) mass is 299 g/mol. The number of aryl methyl sites for hydroxylation is 1. The average Bonchev–Trinajstić information content (AvgIpc) is 3.24. The molecule has 3 heterocycles. The van der Waals surface area contributed by atoms with E-state index < -0.39 is 0 Å². The van der Waals surface area contributed by atoms with Gasteiger partial charge in [0.1, 0.15) is 11.3 Å². The Kier molecular flexibility index (Phi) is 3.27. The van der Waals surface area contributed by atoms with Crippen molar-refractivity contribution in [1.29, 1.82) is 0 Å². The van der Waals surface area contributed by atoms with E-state index in [0.29, 0.717) is 25.1 Å². The second kappa shape index (κ2) is 5.42. The molecule has 1 fully saturated rings. The summed E-state index contributed by atoms with van der Waals surface area (Å²) in [5.41, 5.74) is 2.78. The van der Waals surface area contributed by atoms with E-state index in [1.807, 2.05) is 25.1 Å². The lowest BCUT2D eigenvalue weighted by molar-refractivity contribution is 0.193. The standard InChI is InChI=1S/C15H17N5O2/c1-9-2-3-12-11(6-9)17-15(22-12)16-7-13-18-14(20-19-13)10-4-5-21-8-10/h2-3,6,10H,4-5,7-8H2,1H3,(H,16,17)(H,18,19,20). The summed E-state index contributed by atoms with van der Waals surface area (Å²) in [6, 6.07) is 6.42. The van der Waals surface area contributed by atoms with E-state index in [4.69, 9.17) is 9.15 Å². The van der Waals surface area contributed by atoms with E-state index in [1.165, 1.54) is 0 Å². The molecule has 7 heteroatoms. The highest BCUT2D eigenvalue weighted by Gasteiger charge is 2.21. The number of oxazole rings is 1. The Morgan fingerprint density at radius 2 is 2.32 bits per heavy atom. The summed E-state index contributed by atoms with van der Waals surface area (Å²) in [6.45, 7) is 4.01. The minimum absolute atomic E-state index is 0.303. The molecular weight excluding hydrogens is 282 g/mol. The van der Waals surface area contributed by atoms with Crippen LogP contribution >= 0.6 is 0 Å². The zero-order valence-electron chi connectivity index (χ0n) is 12.3. The average molecular weight is 299 g/mol. The topological polar surface area (TPSA) is 88.9 Å². The van der Waals surface area contributed by atoms with Gasteiger partial charge in [0.15, 0.2) is 11.4 Å². The molecule has 22 heavy (non-hydrogen) atoms. The van der Waals surface area contributed by atoms with Gasteiger partial charge in [-0.2, -0.15) is 10.1 Å². The fourth-order valence-corrected chi connectivity index (χ4v) is 2.58. The highest BCUT2D eigenvalue weighted by atomic mass is 16.5. The Bertz CT molecular complexity index is 788. The summed E-state index contributed by atoms with van der Waals surface area (Å²) < 4.78 is 11.0. The Balaban J connectivity index is 1.44. The Morgan fingerprint density at radius 3 is 3.18 bits per heavy atom. The SMILES string of the molecule is Cc1ccc2oc(NCc3nc(C4CCOC4)n[nH]3)nc2c1. The van der Waals surface area contributed by atoms with Crippen molar-refractivity contribution in [3.63, 3.8) is 0 Å². The number of aromatic nitrogens is 4. The van der Waals surface area contributed by atoms with Crippen LogP contribution < -0.4 is 5.32 Å². The van der Waals surface area contributed by atoms with Crippen LogP contribution in [0.3, 0.4) is 0 Å². The van der Waals surface area contributed by atoms with Crippen molar-refractivity contribution in [3.8, 4) is 0 Å². The molecule has 1 aliphatic heterocycles. The summed E-state index contributed by atoms with van der Waals surface area (Å²) in [7, 11) is 0. The molecule has 1 aliphatic rings. The van der Waals surface area contributed by atoms with Crippen molar-refractivity contribution in [2.45, 2.75) is 25.8 Å². The van der Waals surface area contributed by atoms with Crippen molar-refractivity contribution >= 4 is 17.1 Å². The molecule has 1 atom stereocenters. The number of hydrogen-bond donors (Lipinski definition) is 2. The van der Waals surface area contributed by atoms with Gasteiger partial charge in [0.25, 0.3) is 6.01 Å². The second-order valence-electron chi connectivity index (χ2n) is 5.54. The summed E-state index contributed by atoms with van der Waals surface area (Å²) in [5.74, 6) is 1.89. The molecular formula is C15H17N5O2. The third-order valence-electron chi connectivity index (χ3n) is 3.79. The Hall–Kier alpha value is -2.41. The van der Waals surface area contributed by atoms with Gasteiger partial charge in [-0.1, -0.05) is 6.07 Å². The first-order valence-electron chi connectivity index (χ1n) is 7.38. The van der Waals surface area contributed by atoms with Gasteiger partial charge >= 0.3 is 0 Å². The largest absolute Gasteiger partial charge is 0.424 e. The van der Waals surface area contributed by atoms with E-state index in [9.17, 15) is 0 Å². The second-order valence-corrected chi connectivity index (χ2v) is 5.54. The van der Waals surface area contributed by atoms with Gasteiger partial charge in [0, 0.05) is 12.5 Å². The maximum atomic E-state index is 5.65. The van der Waals surface area contributed by atoms with Crippen LogP contribution in [0.15, 0.2) is 22.6 Å².